The van der Waals surface area contributed by atoms with Crippen molar-refractivity contribution in [2.45, 2.75) is 6.92 Å². The second-order valence-electron chi connectivity index (χ2n) is 3.57. The van der Waals surface area contributed by atoms with Crippen molar-refractivity contribution in [2.24, 2.45) is 0 Å². The van der Waals surface area contributed by atoms with Gasteiger partial charge in [-0.1, -0.05) is 12.1 Å². The lowest BCUT2D eigenvalue weighted by Crippen LogP contribution is -2.12. The first kappa shape index (κ1) is 12.3. The zero-order valence-corrected chi connectivity index (χ0v) is 10.3. The van der Waals surface area contributed by atoms with E-state index in [1.807, 2.05) is 0 Å². The molecule has 18 heavy (non-hydrogen) atoms. The molecule has 0 bridgehead atoms. The van der Waals surface area contributed by atoms with Gasteiger partial charge in [-0.2, -0.15) is 0 Å². The van der Waals surface area contributed by atoms with Crippen molar-refractivity contribution in [3.8, 4) is 5.75 Å². The molecule has 1 aromatic carbocycles. The predicted molar refractivity (Wildman–Crippen MR) is 68.2 cm³/mol. The number of anilines is 1. The summed E-state index contributed by atoms with van der Waals surface area (Å²) >= 11 is 1.16. The van der Waals surface area contributed by atoms with E-state index in [-0.39, 0.29) is 17.1 Å². The van der Waals surface area contributed by atoms with E-state index in [9.17, 15) is 14.7 Å². The summed E-state index contributed by atoms with van der Waals surface area (Å²) in [7, 11) is 0. The van der Waals surface area contributed by atoms with Crippen LogP contribution in [0.4, 0.5) is 5.13 Å². The van der Waals surface area contributed by atoms with Gasteiger partial charge in [-0.05, 0) is 12.1 Å². The number of carbonyl (C=O) groups is 2. The largest absolute Gasteiger partial charge is 0.507 e. The summed E-state index contributed by atoms with van der Waals surface area (Å²) in [5.41, 5.74) is 0.477. The van der Waals surface area contributed by atoms with Crippen LogP contribution in [0.5, 0.6) is 5.75 Å². The van der Waals surface area contributed by atoms with Crippen LogP contribution in [-0.2, 0) is 0 Å². The van der Waals surface area contributed by atoms with E-state index in [0.717, 1.165) is 11.3 Å². The molecular formula is C12H10N2O3S. The average molecular weight is 262 g/mol. The molecule has 0 atom stereocenters. The predicted octanol–water partition coefficient (Wildman–Crippen LogP) is 2.30. The molecule has 2 N–H and O–H groups in total. The molecule has 0 aliphatic heterocycles. The number of amides is 1. The van der Waals surface area contributed by atoms with Crippen LogP contribution in [0, 0.1) is 0 Å². The highest BCUT2D eigenvalue weighted by atomic mass is 32.1. The highest BCUT2D eigenvalue weighted by molar-refractivity contribution is 7.14. The number of rotatable bonds is 3. The van der Waals surface area contributed by atoms with Crippen LogP contribution in [0.2, 0.25) is 0 Å². The van der Waals surface area contributed by atoms with Crippen molar-refractivity contribution in [3.05, 3.63) is 40.9 Å². The van der Waals surface area contributed by atoms with Gasteiger partial charge in [0.1, 0.15) is 11.4 Å². The molecule has 0 aliphatic rings. The summed E-state index contributed by atoms with van der Waals surface area (Å²) in [6, 6.07) is 6.21. The Balaban J connectivity index is 2.16. The first-order valence-electron chi connectivity index (χ1n) is 5.13. The highest BCUT2D eigenvalue weighted by Gasteiger charge is 2.13. The molecular weight excluding hydrogens is 252 g/mol. The van der Waals surface area contributed by atoms with Crippen molar-refractivity contribution in [1.82, 2.24) is 4.98 Å². The molecule has 0 radical (unpaired) electrons. The van der Waals surface area contributed by atoms with Gasteiger partial charge in [-0.15, -0.1) is 11.3 Å². The van der Waals surface area contributed by atoms with Crippen molar-refractivity contribution in [2.75, 3.05) is 5.32 Å². The maximum Gasteiger partial charge on any atom is 0.261 e. The zero-order valence-electron chi connectivity index (χ0n) is 9.51. The van der Waals surface area contributed by atoms with Crippen molar-refractivity contribution < 1.29 is 14.7 Å². The zero-order chi connectivity index (χ0) is 13.1. The van der Waals surface area contributed by atoms with E-state index in [1.54, 1.807) is 17.5 Å². The molecule has 0 saturated heterocycles. The Morgan fingerprint density at radius 2 is 2.06 bits per heavy atom. The van der Waals surface area contributed by atoms with E-state index in [1.165, 1.54) is 19.1 Å². The third kappa shape index (κ3) is 2.54. The summed E-state index contributed by atoms with van der Waals surface area (Å²) in [6.45, 7) is 1.41. The van der Waals surface area contributed by atoms with Gasteiger partial charge in [0.05, 0.1) is 5.56 Å². The van der Waals surface area contributed by atoms with Gasteiger partial charge in [-0.3, -0.25) is 14.9 Å². The number of para-hydroxylation sites is 1. The van der Waals surface area contributed by atoms with Crippen molar-refractivity contribution in [3.63, 3.8) is 0 Å². The van der Waals surface area contributed by atoms with Gasteiger partial charge >= 0.3 is 0 Å². The van der Waals surface area contributed by atoms with E-state index in [4.69, 9.17) is 0 Å². The minimum absolute atomic E-state index is 0.0988. The number of Topliss-reactive ketones (excluding diaryl/α,β-unsaturated/α-hetero) is 1. The minimum Gasteiger partial charge on any atom is -0.507 e. The number of nitrogens with one attached hydrogen (secondary N) is 1. The molecule has 1 aromatic heterocycles. The lowest BCUT2D eigenvalue weighted by molar-refractivity contribution is 0.100. The smallest absolute Gasteiger partial charge is 0.261 e. The molecule has 0 aliphatic carbocycles. The number of aromatic nitrogens is 1. The molecule has 0 fully saturated rings. The summed E-state index contributed by atoms with van der Waals surface area (Å²) in [5, 5.41) is 14.0. The number of ketones is 1. The lowest BCUT2D eigenvalue weighted by Gasteiger charge is -2.03. The minimum atomic E-state index is -0.461. The molecule has 1 heterocycles. The quantitative estimate of drug-likeness (QED) is 0.832. The first-order chi connectivity index (χ1) is 8.58. The van der Waals surface area contributed by atoms with Crippen LogP contribution in [-0.4, -0.2) is 21.8 Å². The fourth-order valence-electron chi connectivity index (χ4n) is 1.32. The Bertz CT molecular complexity index is 607. The maximum atomic E-state index is 11.8. The standard InChI is InChI=1S/C12H10N2O3S/c1-7(15)9-6-18-12(13-9)14-11(17)8-4-2-3-5-10(8)16/h2-6,16H,1H3,(H,13,14,17). The topological polar surface area (TPSA) is 79.3 Å². The number of benzene rings is 1. The van der Waals surface area contributed by atoms with Gasteiger partial charge in [-0.25, -0.2) is 4.98 Å². The Labute approximate surface area is 107 Å². The summed E-state index contributed by atoms with van der Waals surface area (Å²) in [4.78, 5) is 26.8. The van der Waals surface area contributed by atoms with E-state index in [0.29, 0.717) is 10.8 Å². The third-order valence-electron chi connectivity index (χ3n) is 2.23. The van der Waals surface area contributed by atoms with Crippen molar-refractivity contribution >= 4 is 28.2 Å². The van der Waals surface area contributed by atoms with E-state index >= 15 is 0 Å². The number of phenolic OH excluding ortho intramolecular Hbond substituents is 1. The number of carbonyl (C=O) groups excluding carboxylic acids is 2. The lowest BCUT2D eigenvalue weighted by atomic mass is 10.2. The number of phenols is 1. The van der Waals surface area contributed by atoms with E-state index < -0.39 is 5.91 Å². The second-order valence-corrected chi connectivity index (χ2v) is 4.42. The molecule has 0 saturated carbocycles. The van der Waals surface area contributed by atoms with Crippen molar-refractivity contribution in [1.29, 1.82) is 0 Å². The Morgan fingerprint density at radius 3 is 2.67 bits per heavy atom. The normalized spacial score (nSPS) is 10.1. The third-order valence-corrected chi connectivity index (χ3v) is 2.99. The molecule has 5 nitrogen and oxygen atoms in total. The summed E-state index contributed by atoms with van der Waals surface area (Å²) < 4.78 is 0. The number of hydrogen-bond donors (Lipinski definition) is 2. The number of thiazole rings is 1. The van der Waals surface area contributed by atoms with Gasteiger partial charge in [0, 0.05) is 12.3 Å². The maximum absolute atomic E-state index is 11.8. The Hall–Kier alpha value is -2.21. The Kier molecular flexibility index (Phi) is 3.38. The molecule has 92 valence electrons. The average Bonchev–Trinajstić information content (AvgIpc) is 2.78. The molecule has 0 spiro atoms. The van der Waals surface area contributed by atoms with Gasteiger partial charge in [0.2, 0.25) is 0 Å². The number of nitrogens with zero attached hydrogens (tertiary/aromatic N) is 1. The summed E-state index contributed by atoms with van der Waals surface area (Å²) in [5.74, 6) is -0.717. The van der Waals surface area contributed by atoms with Crippen LogP contribution >= 0.6 is 11.3 Å². The highest BCUT2D eigenvalue weighted by Crippen LogP contribution is 2.20. The van der Waals surface area contributed by atoms with Gasteiger partial charge in [0.15, 0.2) is 10.9 Å². The van der Waals surface area contributed by atoms with Crippen LogP contribution in [0.3, 0.4) is 0 Å². The molecule has 1 amide bonds. The SMILES string of the molecule is CC(=O)c1csc(NC(=O)c2ccccc2O)n1. The van der Waals surface area contributed by atoms with Gasteiger partial charge < -0.3 is 5.11 Å². The molecule has 6 heteroatoms. The van der Waals surface area contributed by atoms with Crippen LogP contribution in [0.1, 0.15) is 27.8 Å². The first-order valence-corrected chi connectivity index (χ1v) is 6.01. The van der Waals surface area contributed by atoms with Crippen LogP contribution < -0.4 is 5.32 Å². The van der Waals surface area contributed by atoms with E-state index in [2.05, 4.69) is 10.3 Å². The van der Waals surface area contributed by atoms with Gasteiger partial charge in [0.25, 0.3) is 5.91 Å². The number of hydrogen-bond acceptors (Lipinski definition) is 5. The Morgan fingerprint density at radius 1 is 1.33 bits per heavy atom. The number of aromatic hydroxyl groups is 1. The van der Waals surface area contributed by atoms with Crippen LogP contribution in [0.15, 0.2) is 29.6 Å². The summed E-state index contributed by atoms with van der Waals surface area (Å²) in [6.07, 6.45) is 0. The second kappa shape index (κ2) is 4.97. The molecule has 0 unspecified atom stereocenters. The molecule has 2 aromatic rings. The monoisotopic (exact) mass is 262 g/mol. The fraction of sp³-hybridized carbons (Fsp3) is 0.0833. The molecule has 2 rings (SSSR count). The fourth-order valence-corrected chi connectivity index (χ4v) is 2.07. The van der Waals surface area contributed by atoms with Crippen LogP contribution in [0.25, 0.3) is 0 Å².